The SMILES string of the molecule is COC1CCN(C(=O)CNC(=O)c2ccc(Cl)cc2Cl)C1. The molecule has 1 aliphatic heterocycles. The fraction of sp³-hybridized carbons (Fsp3) is 0.429. The van der Waals surface area contributed by atoms with E-state index in [1.165, 1.54) is 12.1 Å². The Bertz CT molecular complexity index is 551. The zero-order valence-electron chi connectivity index (χ0n) is 11.6. The second kappa shape index (κ2) is 7.11. The molecule has 1 aromatic carbocycles. The van der Waals surface area contributed by atoms with Crippen LogP contribution in [0.3, 0.4) is 0 Å². The molecule has 7 heteroatoms. The number of carbonyl (C=O) groups excluding carboxylic acids is 2. The van der Waals surface area contributed by atoms with E-state index < -0.39 is 5.91 Å². The molecule has 0 spiro atoms. The predicted molar refractivity (Wildman–Crippen MR) is 80.8 cm³/mol. The minimum atomic E-state index is -0.396. The summed E-state index contributed by atoms with van der Waals surface area (Å²) in [5.74, 6) is -0.527. The van der Waals surface area contributed by atoms with E-state index >= 15 is 0 Å². The molecule has 0 radical (unpaired) electrons. The first-order valence-corrected chi connectivity index (χ1v) is 7.30. The van der Waals surface area contributed by atoms with E-state index in [-0.39, 0.29) is 23.6 Å². The summed E-state index contributed by atoms with van der Waals surface area (Å²) < 4.78 is 5.20. The number of nitrogens with zero attached hydrogens (tertiary/aromatic N) is 1. The quantitative estimate of drug-likeness (QED) is 0.918. The van der Waals surface area contributed by atoms with Gasteiger partial charge >= 0.3 is 0 Å². The second-order valence-electron chi connectivity index (χ2n) is 4.79. The monoisotopic (exact) mass is 330 g/mol. The number of hydrogen-bond acceptors (Lipinski definition) is 3. The van der Waals surface area contributed by atoms with E-state index in [0.29, 0.717) is 23.7 Å². The first kappa shape index (κ1) is 16.1. The van der Waals surface area contributed by atoms with Crippen LogP contribution >= 0.6 is 23.2 Å². The topological polar surface area (TPSA) is 58.6 Å². The van der Waals surface area contributed by atoms with Crippen molar-refractivity contribution in [2.75, 3.05) is 26.7 Å². The normalized spacial score (nSPS) is 17.9. The molecule has 1 fully saturated rings. The van der Waals surface area contributed by atoms with E-state index in [2.05, 4.69) is 5.32 Å². The van der Waals surface area contributed by atoms with Crippen LogP contribution in [0.15, 0.2) is 18.2 Å². The third-order valence-electron chi connectivity index (χ3n) is 3.41. The number of rotatable bonds is 4. The van der Waals surface area contributed by atoms with Gasteiger partial charge < -0.3 is 15.0 Å². The Morgan fingerprint density at radius 2 is 2.19 bits per heavy atom. The number of likely N-dealkylation sites (tertiary alicyclic amines) is 1. The molecule has 0 aromatic heterocycles. The maximum atomic E-state index is 12.0. The van der Waals surface area contributed by atoms with Crippen molar-refractivity contribution in [3.8, 4) is 0 Å². The van der Waals surface area contributed by atoms with Crippen LogP contribution in [0.25, 0.3) is 0 Å². The number of amides is 2. The largest absolute Gasteiger partial charge is 0.380 e. The van der Waals surface area contributed by atoms with Crippen LogP contribution < -0.4 is 5.32 Å². The van der Waals surface area contributed by atoms with Crippen molar-refractivity contribution in [3.05, 3.63) is 33.8 Å². The number of carbonyl (C=O) groups is 2. The van der Waals surface area contributed by atoms with Crippen molar-refractivity contribution in [2.24, 2.45) is 0 Å². The summed E-state index contributed by atoms with van der Waals surface area (Å²) in [6, 6.07) is 4.60. The van der Waals surface area contributed by atoms with Gasteiger partial charge in [-0.2, -0.15) is 0 Å². The van der Waals surface area contributed by atoms with Gasteiger partial charge in [-0.15, -0.1) is 0 Å². The fourth-order valence-corrected chi connectivity index (χ4v) is 2.68. The maximum absolute atomic E-state index is 12.0. The number of nitrogens with one attached hydrogen (secondary N) is 1. The average molecular weight is 331 g/mol. The Morgan fingerprint density at radius 3 is 2.81 bits per heavy atom. The van der Waals surface area contributed by atoms with Gasteiger partial charge in [0.15, 0.2) is 0 Å². The molecule has 0 aliphatic carbocycles. The number of methoxy groups -OCH3 is 1. The Kier molecular flexibility index (Phi) is 5.45. The number of benzene rings is 1. The minimum Gasteiger partial charge on any atom is -0.380 e. The molecule has 1 atom stereocenters. The molecule has 2 rings (SSSR count). The molecule has 1 heterocycles. The fourth-order valence-electron chi connectivity index (χ4n) is 2.18. The smallest absolute Gasteiger partial charge is 0.253 e. The lowest BCUT2D eigenvalue weighted by Gasteiger charge is -2.16. The van der Waals surface area contributed by atoms with Crippen molar-refractivity contribution >= 4 is 35.0 Å². The molecule has 0 saturated carbocycles. The summed E-state index contributed by atoms with van der Waals surface area (Å²) in [7, 11) is 1.63. The van der Waals surface area contributed by atoms with Crippen LogP contribution in [0.2, 0.25) is 10.0 Å². The number of hydrogen-bond donors (Lipinski definition) is 1. The van der Waals surface area contributed by atoms with Gasteiger partial charge in [-0.1, -0.05) is 23.2 Å². The molecule has 5 nitrogen and oxygen atoms in total. The van der Waals surface area contributed by atoms with Gasteiger partial charge in [0.25, 0.3) is 5.91 Å². The van der Waals surface area contributed by atoms with Crippen LogP contribution in [-0.2, 0) is 9.53 Å². The highest BCUT2D eigenvalue weighted by atomic mass is 35.5. The molecule has 1 aliphatic rings. The molecular formula is C14H16Cl2N2O3. The van der Waals surface area contributed by atoms with Crippen molar-refractivity contribution in [1.82, 2.24) is 10.2 Å². The minimum absolute atomic E-state index is 0.0613. The summed E-state index contributed by atoms with van der Waals surface area (Å²) >= 11 is 11.7. The van der Waals surface area contributed by atoms with Crippen LogP contribution in [-0.4, -0.2) is 49.6 Å². The first-order valence-electron chi connectivity index (χ1n) is 6.55. The highest BCUT2D eigenvalue weighted by molar-refractivity contribution is 6.36. The second-order valence-corrected chi connectivity index (χ2v) is 5.64. The van der Waals surface area contributed by atoms with Gasteiger partial charge in [0.2, 0.25) is 5.91 Å². The van der Waals surface area contributed by atoms with E-state index in [1.54, 1.807) is 18.1 Å². The molecule has 1 aromatic rings. The van der Waals surface area contributed by atoms with E-state index in [0.717, 1.165) is 6.42 Å². The van der Waals surface area contributed by atoms with Crippen molar-refractivity contribution in [1.29, 1.82) is 0 Å². The van der Waals surface area contributed by atoms with Gasteiger partial charge in [-0.3, -0.25) is 9.59 Å². The number of ether oxygens (including phenoxy) is 1. The highest BCUT2D eigenvalue weighted by Gasteiger charge is 2.26. The lowest BCUT2D eigenvalue weighted by molar-refractivity contribution is -0.129. The van der Waals surface area contributed by atoms with Gasteiger partial charge in [0.05, 0.1) is 23.2 Å². The summed E-state index contributed by atoms with van der Waals surface area (Å²) in [5, 5.41) is 3.28. The third kappa shape index (κ3) is 4.09. The van der Waals surface area contributed by atoms with Gasteiger partial charge in [-0.05, 0) is 24.6 Å². The summed E-state index contributed by atoms with van der Waals surface area (Å²) in [4.78, 5) is 25.6. The zero-order valence-corrected chi connectivity index (χ0v) is 13.1. The van der Waals surface area contributed by atoms with Crippen molar-refractivity contribution in [3.63, 3.8) is 0 Å². The van der Waals surface area contributed by atoms with E-state index in [4.69, 9.17) is 27.9 Å². The van der Waals surface area contributed by atoms with Crippen LogP contribution in [0.5, 0.6) is 0 Å². The molecular weight excluding hydrogens is 315 g/mol. The predicted octanol–water partition coefficient (Wildman–Crippen LogP) is 1.97. The Morgan fingerprint density at radius 1 is 1.43 bits per heavy atom. The average Bonchev–Trinajstić information content (AvgIpc) is 2.93. The van der Waals surface area contributed by atoms with Crippen molar-refractivity contribution in [2.45, 2.75) is 12.5 Å². The van der Waals surface area contributed by atoms with Gasteiger partial charge in [-0.25, -0.2) is 0 Å². The molecule has 1 N–H and O–H groups in total. The van der Waals surface area contributed by atoms with Gasteiger partial charge in [0.1, 0.15) is 0 Å². The lowest BCUT2D eigenvalue weighted by Crippen LogP contribution is -2.39. The lowest BCUT2D eigenvalue weighted by atomic mass is 10.2. The van der Waals surface area contributed by atoms with Crippen LogP contribution in [0.1, 0.15) is 16.8 Å². The Labute approximate surface area is 133 Å². The zero-order chi connectivity index (χ0) is 15.4. The standard InChI is InChI=1S/C14H16Cl2N2O3/c1-21-10-4-5-18(8-10)13(19)7-17-14(20)11-3-2-9(15)6-12(11)16/h2-3,6,10H,4-5,7-8H2,1H3,(H,17,20). The summed E-state index contributed by atoms with van der Waals surface area (Å²) in [6.07, 6.45) is 0.898. The molecule has 1 saturated heterocycles. The Hall–Kier alpha value is -1.30. The Balaban J connectivity index is 1.88. The van der Waals surface area contributed by atoms with Crippen molar-refractivity contribution < 1.29 is 14.3 Å². The van der Waals surface area contributed by atoms with E-state index in [1.807, 2.05) is 0 Å². The van der Waals surface area contributed by atoms with Crippen LogP contribution in [0.4, 0.5) is 0 Å². The van der Waals surface area contributed by atoms with E-state index in [9.17, 15) is 9.59 Å². The summed E-state index contributed by atoms with van der Waals surface area (Å²) in [6.45, 7) is 1.15. The highest BCUT2D eigenvalue weighted by Crippen LogP contribution is 2.20. The molecule has 21 heavy (non-hydrogen) atoms. The molecule has 2 amide bonds. The van der Waals surface area contributed by atoms with Gasteiger partial charge in [0, 0.05) is 25.2 Å². The van der Waals surface area contributed by atoms with Crippen LogP contribution in [0, 0.1) is 0 Å². The first-order chi connectivity index (χ1) is 10.0. The molecule has 114 valence electrons. The summed E-state index contributed by atoms with van der Waals surface area (Å²) in [5.41, 5.74) is 0.296. The number of halogens is 2. The maximum Gasteiger partial charge on any atom is 0.253 e. The molecule has 1 unspecified atom stereocenters. The third-order valence-corrected chi connectivity index (χ3v) is 3.95. The molecule has 0 bridgehead atoms.